The van der Waals surface area contributed by atoms with Crippen molar-refractivity contribution in [2.75, 3.05) is 11.9 Å². The van der Waals surface area contributed by atoms with Crippen molar-refractivity contribution in [1.82, 2.24) is 15.5 Å². The van der Waals surface area contributed by atoms with Crippen LogP contribution in [0.4, 0.5) is 11.5 Å². The average molecular weight is 376 g/mol. The van der Waals surface area contributed by atoms with E-state index in [-0.39, 0.29) is 17.6 Å². The minimum atomic E-state index is -0.361. The van der Waals surface area contributed by atoms with Gasteiger partial charge in [-0.25, -0.2) is 4.79 Å². The largest absolute Gasteiger partial charge is 0.462 e. The van der Waals surface area contributed by atoms with Gasteiger partial charge >= 0.3 is 5.97 Å². The fourth-order valence-electron chi connectivity index (χ4n) is 2.44. The van der Waals surface area contributed by atoms with E-state index in [9.17, 15) is 9.59 Å². The zero-order chi connectivity index (χ0) is 19.8. The Morgan fingerprint density at radius 2 is 1.68 bits per heavy atom. The van der Waals surface area contributed by atoms with E-state index in [2.05, 4.69) is 20.8 Å². The molecule has 142 valence electrons. The quantitative estimate of drug-likeness (QED) is 0.615. The van der Waals surface area contributed by atoms with Crippen LogP contribution in [0.3, 0.4) is 0 Å². The number of carbonyl (C=O) groups is 2. The minimum absolute atomic E-state index is 0.235. The number of benzene rings is 2. The lowest BCUT2D eigenvalue weighted by Crippen LogP contribution is -2.24. The van der Waals surface area contributed by atoms with Crippen molar-refractivity contribution < 1.29 is 14.3 Å². The second-order valence-corrected chi connectivity index (χ2v) is 5.89. The molecule has 0 bridgehead atoms. The topological polar surface area (TPSA) is 93.2 Å². The highest BCUT2D eigenvalue weighted by Gasteiger charge is 2.09. The van der Waals surface area contributed by atoms with Crippen LogP contribution in [0.15, 0.2) is 66.7 Å². The lowest BCUT2D eigenvalue weighted by molar-refractivity contribution is 0.0526. The van der Waals surface area contributed by atoms with Crippen molar-refractivity contribution in [3.63, 3.8) is 0 Å². The number of hydrogen-bond donors (Lipinski definition) is 2. The van der Waals surface area contributed by atoms with Gasteiger partial charge in [-0.1, -0.05) is 30.3 Å². The molecule has 0 unspecified atom stereocenters. The number of esters is 1. The van der Waals surface area contributed by atoms with Crippen LogP contribution in [0.5, 0.6) is 0 Å². The summed E-state index contributed by atoms with van der Waals surface area (Å²) in [5, 5.41) is 13.9. The fraction of sp³-hybridized carbons (Fsp3) is 0.143. The Kier molecular flexibility index (Phi) is 6.30. The summed E-state index contributed by atoms with van der Waals surface area (Å²) in [6.07, 6.45) is 0. The van der Waals surface area contributed by atoms with Gasteiger partial charge in [-0.3, -0.25) is 4.79 Å². The number of nitrogens with zero attached hydrogens (tertiary/aromatic N) is 2. The van der Waals surface area contributed by atoms with E-state index in [0.717, 1.165) is 11.3 Å². The fourth-order valence-corrected chi connectivity index (χ4v) is 2.44. The van der Waals surface area contributed by atoms with Gasteiger partial charge in [-0.05, 0) is 48.9 Å². The van der Waals surface area contributed by atoms with Crippen LogP contribution >= 0.6 is 0 Å². The number of nitrogens with one attached hydrogen (secondary N) is 2. The van der Waals surface area contributed by atoms with Crippen molar-refractivity contribution in [3.05, 3.63) is 83.6 Å². The zero-order valence-corrected chi connectivity index (χ0v) is 15.4. The summed E-state index contributed by atoms with van der Waals surface area (Å²) < 4.78 is 4.95. The normalized spacial score (nSPS) is 10.2. The lowest BCUT2D eigenvalue weighted by atomic mass is 10.2. The first-order chi connectivity index (χ1) is 13.7. The predicted octanol–water partition coefficient (Wildman–Crippen LogP) is 3.33. The third kappa shape index (κ3) is 5.14. The second-order valence-electron chi connectivity index (χ2n) is 5.89. The van der Waals surface area contributed by atoms with Crippen LogP contribution < -0.4 is 10.6 Å². The average Bonchev–Trinajstić information content (AvgIpc) is 2.74. The Labute approximate surface area is 162 Å². The SMILES string of the molecule is CCOC(=O)c1ccc(Nc2ccc(C(=O)NCc3ccccc3)nn2)cc1. The molecule has 28 heavy (non-hydrogen) atoms. The molecule has 7 nitrogen and oxygen atoms in total. The van der Waals surface area contributed by atoms with Gasteiger partial charge in [-0.2, -0.15) is 0 Å². The first-order valence-electron chi connectivity index (χ1n) is 8.86. The highest BCUT2D eigenvalue weighted by atomic mass is 16.5. The highest BCUT2D eigenvalue weighted by Crippen LogP contribution is 2.15. The third-order valence-electron chi connectivity index (χ3n) is 3.86. The summed E-state index contributed by atoms with van der Waals surface area (Å²) in [5.41, 5.74) is 2.46. The van der Waals surface area contributed by atoms with Gasteiger partial charge in [0.15, 0.2) is 11.5 Å². The smallest absolute Gasteiger partial charge is 0.338 e. The Hall–Kier alpha value is -3.74. The third-order valence-corrected chi connectivity index (χ3v) is 3.86. The standard InChI is InChI=1S/C21H20N4O3/c1-2-28-21(27)16-8-10-17(11-9-16)23-19-13-12-18(24-25-19)20(26)22-14-15-6-4-3-5-7-15/h3-13H,2,14H2,1H3,(H,22,26)(H,23,25). The van der Waals surface area contributed by atoms with Gasteiger partial charge < -0.3 is 15.4 Å². The van der Waals surface area contributed by atoms with Gasteiger partial charge in [0, 0.05) is 12.2 Å². The van der Waals surface area contributed by atoms with Crippen LogP contribution in [-0.2, 0) is 11.3 Å². The minimum Gasteiger partial charge on any atom is -0.462 e. The Morgan fingerprint density at radius 3 is 2.32 bits per heavy atom. The molecule has 1 heterocycles. The van der Waals surface area contributed by atoms with Gasteiger partial charge in [0.05, 0.1) is 12.2 Å². The van der Waals surface area contributed by atoms with Crippen molar-refractivity contribution in [2.45, 2.75) is 13.5 Å². The van der Waals surface area contributed by atoms with E-state index in [1.54, 1.807) is 43.3 Å². The van der Waals surface area contributed by atoms with E-state index in [1.165, 1.54) is 0 Å². The maximum absolute atomic E-state index is 12.2. The van der Waals surface area contributed by atoms with E-state index in [1.807, 2.05) is 30.3 Å². The number of carbonyl (C=O) groups excluding carboxylic acids is 2. The Balaban J connectivity index is 1.56. The number of aromatic nitrogens is 2. The van der Waals surface area contributed by atoms with E-state index >= 15 is 0 Å². The predicted molar refractivity (Wildman–Crippen MR) is 105 cm³/mol. The molecule has 0 spiro atoms. The Bertz CT molecular complexity index is 926. The van der Waals surface area contributed by atoms with E-state index < -0.39 is 0 Å². The van der Waals surface area contributed by atoms with Crippen molar-refractivity contribution in [1.29, 1.82) is 0 Å². The number of amides is 1. The number of ether oxygens (including phenoxy) is 1. The molecular formula is C21H20N4O3. The Morgan fingerprint density at radius 1 is 0.929 bits per heavy atom. The van der Waals surface area contributed by atoms with Crippen LogP contribution in [-0.4, -0.2) is 28.7 Å². The van der Waals surface area contributed by atoms with Crippen LogP contribution in [0.2, 0.25) is 0 Å². The van der Waals surface area contributed by atoms with Crippen LogP contribution in [0.1, 0.15) is 33.3 Å². The first kappa shape index (κ1) is 19.0. The molecule has 0 aliphatic carbocycles. The molecule has 7 heteroatoms. The molecule has 2 N–H and O–H groups in total. The molecule has 2 aromatic carbocycles. The van der Waals surface area contributed by atoms with Crippen molar-refractivity contribution in [3.8, 4) is 0 Å². The molecular weight excluding hydrogens is 356 g/mol. The monoisotopic (exact) mass is 376 g/mol. The number of hydrogen-bond acceptors (Lipinski definition) is 6. The summed E-state index contributed by atoms with van der Waals surface area (Å²) in [6.45, 7) is 2.52. The van der Waals surface area contributed by atoms with E-state index in [0.29, 0.717) is 24.5 Å². The van der Waals surface area contributed by atoms with Crippen LogP contribution in [0, 0.1) is 0 Å². The summed E-state index contributed by atoms with van der Waals surface area (Å²) >= 11 is 0. The first-order valence-corrected chi connectivity index (χ1v) is 8.86. The van der Waals surface area contributed by atoms with Gasteiger partial charge in [0.2, 0.25) is 0 Å². The van der Waals surface area contributed by atoms with Gasteiger partial charge in [0.25, 0.3) is 5.91 Å². The summed E-state index contributed by atoms with van der Waals surface area (Å²) in [5.74, 6) is -0.162. The molecule has 0 aliphatic heterocycles. The summed E-state index contributed by atoms with van der Waals surface area (Å²) in [4.78, 5) is 23.8. The zero-order valence-electron chi connectivity index (χ0n) is 15.4. The maximum atomic E-state index is 12.2. The lowest BCUT2D eigenvalue weighted by Gasteiger charge is -2.07. The molecule has 1 amide bonds. The molecule has 0 radical (unpaired) electrons. The number of rotatable bonds is 7. The van der Waals surface area contributed by atoms with Crippen molar-refractivity contribution in [2.24, 2.45) is 0 Å². The molecule has 1 aromatic heterocycles. The van der Waals surface area contributed by atoms with Gasteiger partial charge in [0.1, 0.15) is 0 Å². The maximum Gasteiger partial charge on any atom is 0.338 e. The summed E-state index contributed by atoms with van der Waals surface area (Å²) in [7, 11) is 0. The molecule has 0 fully saturated rings. The van der Waals surface area contributed by atoms with Crippen molar-refractivity contribution >= 4 is 23.4 Å². The molecule has 0 saturated carbocycles. The second kappa shape index (κ2) is 9.27. The molecule has 0 atom stereocenters. The molecule has 3 aromatic rings. The molecule has 0 aliphatic rings. The van der Waals surface area contributed by atoms with Crippen LogP contribution in [0.25, 0.3) is 0 Å². The molecule has 3 rings (SSSR count). The molecule has 0 saturated heterocycles. The van der Waals surface area contributed by atoms with Gasteiger partial charge in [-0.15, -0.1) is 10.2 Å². The van der Waals surface area contributed by atoms with E-state index in [4.69, 9.17) is 4.74 Å². The summed E-state index contributed by atoms with van der Waals surface area (Å²) in [6, 6.07) is 19.7. The highest BCUT2D eigenvalue weighted by molar-refractivity contribution is 5.92. The number of anilines is 2.